The van der Waals surface area contributed by atoms with Crippen molar-refractivity contribution in [2.45, 2.75) is 11.8 Å². The number of nitrogens with zero attached hydrogens (tertiary/aromatic N) is 1. The summed E-state index contributed by atoms with van der Waals surface area (Å²) in [6.45, 7) is -0.0549. The summed E-state index contributed by atoms with van der Waals surface area (Å²) in [5.41, 5.74) is 13.1. The highest BCUT2D eigenvalue weighted by Gasteiger charge is 2.40. The fraction of sp³-hybridized carbons (Fsp3) is 0.130. The number of hydrogen-bond acceptors (Lipinski definition) is 4. The van der Waals surface area contributed by atoms with Gasteiger partial charge in [0.05, 0.1) is 0 Å². The number of halogens is 2. The molecular formula is C23H22F2N4O. The molecule has 3 aromatic rings. The fourth-order valence-electron chi connectivity index (χ4n) is 3.10. The molecule has 154 valence electrons. The highest BCUT2D eigenvalue weighted by molar-refractivity contribution is 5.84. The van der Waals surface area contributed by atoms with Gasteiger partial charge in [0, 0.05) is 18.0 Å². The van der Waals surface area contributed by atoms with Crippen LogP contribution < -0.4 is 16.8 Å². The largest absolute Gasteiger partial charge is 0.384 e. The Bertz CT molecular complexity index is 1000. The minimum atomic E-state index is -3.61. The van der Waals surface area contributed by atoms with E-state index in [2.05, 4.69) is 10.3 Å². The van der Waals surface area contributed by atoms with E-state index in [4.69, 9.17) is 11.5 Å². The Labute approximate surface area is 173 Å². The molecule has 0 spiro atoms. The van der Waals surface area contributed by atoms with E-state index >= 15 is 0 Å². The van der Waals surface area contributed by atoms with E-state index in [1.54, 1.807) is 24.3 Å². The smallest absolute Gasteiger partial charge is 0.349 e. The van der Waals surface area contributed by atoms with Crippen LogP contribution in [0, 0.1) is 0 Å². The molecule has 30 heavy (non-hydrogen) atoms. The summed E-state index contributed by atoms with van der Waals surface area (Å²) in [7, 11) is 0. The van der Waals surface area contributed by atoms with E-state index in [-0.39, 0.29) is 29.7 Å². The molecule has 2 aromatic carbocycles. The number of hydrogen-bond donors (Lipinski definition) is 3. The number of pyridine rings is 1. The van der Waals surface area contributed by atoms with Crippen molar-refractivity contribution >= 4 is 17.5 Å². The minimum Gasteiger partial charge on any atom is -0.384 e. The monoisotopic (exact) mass is 408 g/mol. The first-order chi connectivity index (χ1) is 14.4. The summed E-state index contributed by atoms with van der Waals surface area (Å²) in [5, 5.41) is 2.27. The van der Waals surface area contributed by atoms with Crippen LogP contribution in [0.5, 0.6) is 0 Å². The van der Waals surface area contributed by atoms with Crippen molar-refractivity contribution in [2.24, 2.45) is 0 Å². The van der Waals surface area contributed by atoms with Gasteiger partial charge in [0.15, 0.2) is 0 Å². The molecule has 0 aliphatic carbocycles. The van der Waals surface area contributed by atoms with Gasteiger partial charge in [-0.15, -0.1) is 0 Å². The molecule has 0 radical (unpaired) electrons. The van der Waals surface area contributed by atoms with Gasteiger partial charge in [-0.2, -0.15) is 8.78 Å². The lowest BCUT2D eigenvalue weighted by molar-refractivity contribution is -0.146. The number of alkyl halides is 2. The number of carbonyl (C=O) groups is 1. The van der Waals surface area contributed by atoms with Crippen molar-refractivity contribution in [3.63, 3.8) is 0 Å². The van der Waals surface area contributed by atoms with E-state index in [1.165, 1.54) is 24.3 Å². The maximum Gasteiger partial charge on any atom is 0.349 e. The van der Waals surface area contributed by atoms with Gasteiger partial charge in [0.2, 0.25) is 0 Å². The second-order valence-corrected chi connectivity index (χ2v) is 6.72. The molecule has 0 aliphatic rings. The molecule has 5 N–H and O–H groups in total. The zero-order chi connectivity index (χ0) is 21.6. The van der Waals surface area contributed by atoms with E-state index in [9.17, 15) is 13.6 Å². The van der Waals surface area contributed by atoms with E-state index in [1.807, 2.05) is 36.4 Å². The van der Waals surface area contributed by atoms with E-state index < -0.39 is 11.8 Å². The van der Waals surface area contributed by atoms with Crippen molar-refractivity contribution in [2.75, 3.05) is 18.0 Å². The molecule has 1 heterocycles. The number of benzene rings is 2. The Balaban J connectivity index is 1.74. The average molecular weight is 408 g/mol. The summed E-state index contributed by atoms with van der Waals surface area (Å²) in [6.07, 6.45) is 3.44. The first kappa shape index (κ1) is 21.0. The van der Waals surface area contributed by atoms with Gasteiger partial charge in [0.25, 0.3) is 5.91 Å². The SMILES string of the molecule is Nc1cc(C(/C=C/CNC(=O)C(F)(F)c2ccccc2)c2ccccc2)cc(N)n1. The number of rotatable bonds is 7. The average Bonchev–Trinajstić information content (AvgIpc) is 2.74. The molecule has 0 bridgehead atoms. The molecular weight excluding hydrogens is 386 g/mol. The molecule has 0 saturated heterocycles. The predicted octanol–water partition coefficient (Wildman–Crippen LogP) is 3.84. The van der Waals surface area contributed by atoms with Crippen LogP contribution in [0.3, 0.4) is 0 Å². The summed E-state index contributed by atoms with van der Waals surface area (Å²) < 4.78 is 28.6. The van der Waals surface area contributed by atoms with Crippen molar-refractivity contribution in [1.29, 1.82) is 0 Å². The Hall–Kier alpha value is -3.74. The molecule has 0 fully saturated rings. The Morgan fingerprint density at radius 1 is 0.967 bits per heavy atom. The second-order valence-electron chi connectivity index (χ2n) is 6.72. The molecule has 7 heteroatoms. The van der Waals surface area contributed by atoms with Gasteiger partial charge >= 0.3 is 5.92 Å². The maximum absolute atomic E-state index is 14.3. The highest BCUT2D eigenvalue weighted by atomic mass is 19.3. The zero-order valence-electron chi connectivity index (χ0n) is 16.1. The molecule has 3 rings (SSSR count). The second kappa shape index (κ2) is 9.17. The molecule has 1 unspecified atom stereocenters. The number of aromatic nitrogens is 1. The lowest BCUT2D eigenvalue weighted by atomic mass is 9.91. The van der Waals surface area contributed by atoms with Crippen LogP contribution in [0.1, 0.15) is 22.6 Å². The first-order valence-electron chi connectivity index (χ1n) is 9.34. The maximum atomic E-state index is 14.3. The number of allylic oxidation sites excluding steroid dienone is 1. The van der Waals surface area contributed by atoms with Crippen LogP contribution >= 0.6 is 0 Å². The van der Waals surface area contributed by atoms with E-state index in [0.29, 0.717) is 0 Å². The Kier molecular flexibility index (Phi) is 6.41. The summed E-state index contributed by atoms with van der Waals surface area (Å²) in [5.74, 6) is -4.62. The van der Waals surface area contributed by atoms with Crippen molar-refractivity contribution in [1.82, 2.24) is 10.3 Å². The van der Waals surface area contributed by atoms with Gasteiger partial charge < -0.3 is 16.8 Å². The van der Waals surface area contributed by atoms with Gasteiger partial charge in [-0.05, 0) is 23.3 Å². The van der Waals surface area contributed by atoms with Gasteiger partial charge in [0.1, 0.15) is 11.6 Å². The molecule has 0 saturated carbocycles. The van der Waals surface area contributed by atoms with Crippen molar-refractivity contribution < 1.29 is 13.6 Å². The highest BCUT2D eigenvalue weighted by Crippen LogP contribution is 2.29. The summed E-state index contributed by atoms with van der Waals surface area (Å²) >= 11 is 0. The van der Waals surface area contributed by atoms with Crippen LogP contribution in [0.15, 0.2) is 84.9 Å². The molecule has 5 nitrogen and oxygen atoms in total. The van der Waals surface area contributed by atoms with Gasteiger partial charge in [-0.1, -0.05) is 72.8 Å². The minimum absolute atomic E-state index is 0.0549. The Morgan fingerprint density at radius 2 is 1.53 bits per heavy atom. The number of anilines is 2. The van der Waals surface area contributed by atoms with E-state index in [0.717, 1.165) is 11.1 Å². The third kappa shape index (κ3) is 5.00. The van der Waals surface area contributed by atoms with Crippen LogP contribution in [-0.4, -0.2) is 17.4 Å². The molecule has 0 aliphatic heterocycles. The summed E-state index contributed by atoms with van der Waals surface area (Å²) in [6, 6.07) is 20.0. The number of nitrogens with two attached hydrogens (primary N) is 2. The number of nitrogens with one attached hydrogen (secondary N) is 1. The molecule has 1 aromatic heterocycles. The lowest BCUT2D eigenvalue weighted by Gasteiger charge is -2.17. The quantitative estimate of drug-likeness (QED) is 0.518. The van der Waals surface area contributed by atoms with Gasteiger partial charge in [-0.25, -0.2) is 4.98 Å². The van der Waals surface area contributed by atoms with Crippen molar-refractivity contribution in [3.8, 4) is 0 Å². The zero-order valence-corrected chi connectivity index (χ0v) is 16.1. The first-order valence-corrected chi connectivity index (χ1v) is 9.34. The summed E-state index contributed by atoms with van der Waals surface area (Å²) in [4.78, 5) is 16.0. The number of nitrogen functional groups attached to an aromatic ring is 2. The van der Waals surface area contributed by atoms with Crippen LogP contribution in [-0.2, 0) is 10.7 Å². The van der Waals surface area contributed by atoms with Crippen molar-refractivity contribution in [3.05, 3.63) is 102 Å². The third-order valence-corrected chi connectivity index (χ3v) is 4.54. The number of carbonyl (C=O) groups excluding carboxylic acids is 1. The molecule has 1 atom stereocenters. The topological polar surface area (TPSA) is 94.0 Å². The Morgan fingerprint density at radius 3 is 2.13 bits per heavy atom. The number of amides is 1. The fourth-order valence-corrected chi connectivity index (χ4v) is 3.10. The standard InChI is InChI=1S/C23H22F2N4O/c24-23(25,18-10-5-2-6-11-18)22(30)28-13-7-12-19(16-8-3-1-4-9-16)17-14-20(26)29-21(27)15-17/h1-12,14-15,19H,13H2,(H,28,30)(H4,26,27,29)/b12-7+. The third-order valence-electron chi connectivity index (χ3n) is 4.54. The van der Waals surface area contributed by atoms with Gasteiger partial charge in [-0.3, -0.25) is 4.79 Å². The van der Waals surface area contributed by atoms with Crippen LogP contribution in [0.4, 0.5) is 20.4 Å². The predicted molar refractivity (Wildman–Crippen MR) is 114 cm³/mol. The van der Waals surface area contributed by atoms with Crippen LogP contribution in [0.2, 0.25) is 0 Å². The normalized spacial score (nSPS) is 12.6. The molecule has 1 amide bonds. The lowest BCUT2D eigenvalue weighted by Crippen LogP contribution is -2.38. The van der Waals surface area contributed by atoms with Crippen LogP contribution in [0.25, 0.3) is 0 Å².